The minimum Gasteiger partial charge on any atom is -0.508 e. The minimum absolute atomic E-state index is 0.0280. The first-order valence-corrected chi connectivity index (χ1v) is 16.2. The van der Waals surface area contributed by atoms with Crippen LogP contribution in [-0.4, -0.2) is 120 Å². The fourth-order valence-electron chi connectivity index (χ4n) is 5.82. The van der Waals surface area contributed by atoms with E-state index in [0.717, 1.165) is 18.2 Å². The molecule has 1 aromatic heterocycles. The molecule has 282 valence electrons. The zero-order chi connectivity index (χ0) is 38.1. The molecule has 3 heterocycles. The van der Waals surface area contributed by atoms with Crippen molar-refractivity contribution in [2.75, 3.05) is 6.61 Å². The van der Waals surface area contributed by atoms with Crippen LogP contribution < -0.4 is 10.2 Å². The average Bonchev–Trinajstić information content (AvgIpc) is 3.12. The monoisotopic (exact) mass is 740 g/mol. The Kier molecular flexibility index (Phi) is 10.9. The third kappa shape index (κ3) is 7.92. The molecule has 2 aliphatic heterocycles. The van der Waals surface area contributed by atoms with E-state index in [1.54, 1.807) is 12.1 Å². The molecular formula is C36H36O17. The van der Waals surface area contributed by atoms with Gasteiger partial charge in [-0.2, -0.15) is 0 Å². The second-order valence-corrected chi connectivity index (χ2v) is 12.5. The molecule has 0 saturated carbocycles. The molecule has 2 aliphatic rings. The number of hydrogen-bond acceptors (Lipinski definition) is 17. The Bertz CT molecular complexity index is 2010. The summed E-state index contributed by atoms with van der Waals surface area (Å²) in [4.78, 5) is 26.3. The third-order valence-corrected chi connectivity index (χ3v) is 8.72. The van der Waals surface area contributed by atoms with E-state index in [1.165, 1.54) is 49.4 Å². The van der Waals surface area contributed by atoms with Gasteiger partial charge in [0.2, 0.25) is 17.5 Å². The molecule has 0 radical (unpaired) electrons. The summed E-state index contributed by atoms with van der Waals surface area (Å²) in [5, 5.41) is 93.4. The number of fused-ring (bicyclic) bond motifs is 1. The third-order valence-electron chi connectivity index (χ3n) is 8.72. The predicted molar refractivity (Wildman–Crippen MR) is 180 cm³/mol. The topological polar surface area (TPSA) is 275 Å². The predicted octanol–water partition coefficient (Wildman–Crippen LogP) is 0.577. The van der Waals surface area contributed by atoms with Crippen LogP contribution >= 0.6 is 0 Å². The molecule has 0 amide bonds. The standard InChI is InChI=1S/C36H36O17/c1-15-26(42)30(46)34(53-35-31(47)29(45)27(43)23(51-35)14-48-24(41)11-4-16-2-7-18(37)8-3-16)36(49-15)52-33-28(44)25-21(40)12-20(39)13-22(25)50-32(33)17-5-9-19(38)10-6-17/h2-13,15,23,26-27,29-31,34-40,42-43,45-47H,14H2,1H3/b11-4+/t15-,23-,26+,27-,29+,30+,31+,34+,35+,36-/m1/s1. The minimum atomic E-state index is -1.97. The van der Waals surface area contributed by atoms with Crippen molar-refractivity contribution in [3.05, 3.63) is 82.5 Å². The summed E-state index contributed by atoms with van der Waals surface area (Å²) in [6, 6.07) is 13.2. The van der Waals surface area contributed by atoms with Gasteiger partial charge in [-0.15, -0.1) is 0 Å². The average molecular weight is 741 g/mol. The lowest BCUT2D eigenvalue weighted by atomic mass is 9.97. The second-order valence-electron chi connectivity index (χ2n) is 12.5. The largest absolute Gasteiger partial charge is 0.508 e. The lowest BCUT2D eigenvalue weighted by Gasteiger charge is -2.45. The molecule has 0 unspecified atom stereocenters. The van der Waals surface area contributed by atoms with Crippen molar-refractivity contribution in [2.24, 2.45) is 0 Å². The number of ether oxygens (including phenoxy) is 5. The number of aliphatic hydroxyl groups is 5. The number of aliphatic hydroxyl groups excluding tert-OH is 5. The van der Waals surface area contributed by atoms with Gasteiger partial charge in [0.05, 0.1) is 6.10 Å². The van der Waals surface area contributed by atoms with Crippen LogP contribution in [0.15, 0.2) is 76.0 Å². The van der Waals surface area contributed by atoms with Gasteiger partial charge < -0.3 is 74.1 Å². The number of aromatic hydroxyl groups is 4. The Morgan fingerprint density at radius 2 is 1.43 bits per heavy atom. The van der Waals surface area contributed by atoms with Gasteiger partial charge in [-0.25, -0.2) is 4.79 Å². The van der Waals surface area contributed by atoms with Crippen LogP contribution in [0.3, 0.4) is 0 Å². The van der Waals surface area contributed by atoms with E-state index in [-0.39, 0.29) is 28.4 Å². The van der Waals surface area contributed by atoms with Crippen molar-refractivity contribution in [1.29, 1.82) is 0 Å². The van der Waals surface area contributed by atoms with E-state index in [0.29, 0.717) is 5.56 Å². The number of hydrogen-bond donors (Lipinski definition) is 9. The maximum atomic E-state index is 13.9. The smallest absolute Gasteiger partial charge is 0.330 e. The Balaban J connectivity index is 1.27. The molecule has 10 atom stereocenters. The molecular weight excluding hydrogens is 704 g/mol. The summed E-state index contributed by atoms with van der Waals surface area (Å²) >= 11 is 0. The fourth-order valence-corrected chi connectivity index (χ4v) is 5.82. The van der Waals surface area contributed by atoms with E-state index >= 15 is 0 Å². The molecule has 9 N–H and O–H groups in total. The number of phenols is 4. The first kappa shape index (κ1) is 37.5. The van der Waals surface area contributed by atoms with Gasteiger partial charge in [0.15, 0.2) is 18.2 Å². The highest BCUT2D eigenvalue weighted by Crippen LogP contribution is 2.38. The summed E-state index contributed by atoms with van der Waals surface area (Å²) in [6.45, 7) is 0.741. The second kappa shape index (κ2) is 15.4. The number of benzene rings is 3. The Morgan fingerprint density at radius 3 is 2.11 bits per heavy atom. The Hall–Kier alpha value is -5.24. The van der Waals surface area contributed by atoms with E-state index in [4.69, 9.17) is 28.1 Å². The number of carbonyl (C=O) groups is 1. The van der Waals surface area contributed by atoms with Crippen LogP contribution in [0.5, 0.6) is 28.7 Å². The van der Waals surface area contributed by atoms with Crippen molar-refractivity contribution in [2.45, 2.75) is 68.3 Å². The van der Waals surface area contributed by atoms with Gasteiger partial charge in [0.25, 0.3) is 0 Å². The van der Waals surface area contributed by atoms with Gasteiger partial charge in [-0.3, -0.25) is 4.79 Å². The quantitative estimate of drug-likeness (QED) is 0.0838. The van der Waals surface area contributed by atoms with Crippen molar-refractivity contribution in [3.8, 4) is 40.1 Å². The van der Waals surface area contributed by atoms with Crippen LogP contribution in [0, 0.1) is 0 Å². The lowest BCUT2D eigenvalue weighted by Crippen LogP contribution is -2.64. The first-order valence-electron chi connectivity index (χ1n) is 16.2. The molecule has 0 spiro atoms. The summed E-state index contributed by atoms with van der Waals surface area (Å²) in [5.41, 5.74) is -0.454. The number of carbonyl (C=O) groups excluding carboxylic acids is 1. The lowest BCUT2D eigenvalue weighted by molar-refractivity contribution is -0.355. The van der Waals surface area contributed by atoms with Gasteiger partial charge in [-0.1, -0.05) is 12.1 Å². The highest BCUT2D eigenvalue weighted by molar-refractivity contribution is 5.88. The molecule has 17 heteroatoms. The molecule has 2 fully saturated rings. The highest BCUT2D eigenvalue weighted by atomic mass is 16.8. The van der Waals surface area contributed by atoms with Crippen molar-refractivity contribution >= 4 is 23.0 Å². The van der Waals surface area contributed by atoms with Crippen molar-refractivity contribution in [1.82, 2.24) is 0 Å². The number of rotatable bonds is 9. The molecule has 17 nitrogen and oxygen atoms in total. The summed E-state index contributed by atoms with van der Waals surface area (Å²) < 4.78 is 34.3. The van der Waals surface area contributed by atoms with Gasteiger partial charge in [-0.05, 0) is 55.0 Å². The Morgan fingerprint density at radius 1 is 0.774 bits per heavy atom. The van der Waals surface area contributed by atoms with E-state index in [1.807, 2.05) is 0 Å². The zero-order valence-electron chi connectivity index (χ0n) is 27.7. The van der Waals surface area contributed by atoms with Crippen LogP contribution in [-0.2, 0) is 23.7 Å². The molecule has 2 saturated heterocycles. The summed E-state index contributed by atoms with van der Waals surface area (Å²) in [5.74, 6) is -2.90. The van der Waals surface area contributed by atoms with E-state index in [2.05, 4.69) is 0 Å². The maximum Gasteiger partial charge on any atom is 0.330 e. The first-order chi connectivity index (χ1) is 25.2. The zero-order valence-corrected chi connectivity index (χ0v) is 27.7. The van der Waals surface area contributed by atoms with Gasteiger partial charge >= 0.3 is 5.97 Å². The highest BCUT2D eigenvalue weighted by Gasteiger charge is 2.51. The van der Waals surface area contributed by atoms with Crippen LogP contribution in [0.2, 0.25) is 0 Å². The van der Waals surface area contributed by atoms with Crippen molar-refractivity contribution in [3.63, 3.8) is 0 Å². The van der Waals surface area contributed by atoms with E-state index < -0.39 is 102 Å². The molecule has 4 aromatic rings. The van der Waals surface area contributed by atoms with E-state index in [9.17, 15) is 55.5 Å². The SMILES string of the molecule is C[C@H]1O[C@H](Oc2c(-c3ccc(O)cc3)oc3cc(O)cc(O)c3c2=O)[C@@H](O[C@@H]2O[C@H](COC(=O)/C=C/c3ccc(O)cc3)[C@@H](O)[C@H](O)[C@@H]2O)[C@@H](O)[C@H]1O. The summed E-state index contributed by atoms with van der Waals surface area (Å²) in [7, 11) is 0. The van der Waals surface area contributed by atoms with Gasteiger partial charge in [0, 0.05) is 23.8 Å². The van der Waals surface area contributed by atoms with Gasteiger partial charge in [0.1, 0.15) is 77.2 Å². The van der Waals surface area contributed by atoms with Crippen molar-refractivity contribution < 1.29 is 78.9 Å². The Labute approximate surface area is 299 Å². The number of esters is 1. The molecule has 3 aromatic carbocycles. The maximum absolute atomic E-state index is 13.9. The fraction of sp³-hybridized carbons (Fsp3) is 0.333. The molecule has 0 bridgehead atoms. The van der Waals surface area contributed by atoms with Crippen LogP contribution in [0.1, 0.15) is 12.5 Å². The van der Waals surface area contributed by atoms with Crippen LogP contribution in [0.25, 0.3) is 28.4 Å². The molecule has 53 heavy (non-hydrogen) atoms. The molecule has 0 aliphatic carbocycles. The normalized spacial score (nSPS) is 28.9. The number of phenolic OH excluding ortho intramolecular Hbond substituents is 4. The summed E-state index contributed by atoms with van der Waals surface area (Å²) in [6.07, 6.45) is -14.8. The van der Waals surface area contributed by atoms with Crippen LogP contribution in [0.4, 0.5) is 0 Å². The molecule has 6 rings (SSSR count).